The number of ether oxygens (including phenoxy) is 7. The van der Waals surface area contributed by atoms with Crippen molar-refractivity contribution < 1.29 is 105 Å². The van der Waals surface area contributed by atoms with Crippen molar-refractivity contribution in [2.45, 2.75) is 373 Å². The summed E-state index contributed by atoms with van der Waals surface area (Å²) >= 11 is 0. The molecule has 5 aromatic rings. The molecule has 14 N–H and O–H groups in total. The number of esters is 7. The van der Waals surface area contributed by atoms with E-state index >= 15 is 28.8 Å². The summed E-state index contributed by atoms with van der Waals surface area (Å²) in [5.74, 6) is -6.12. The molecule has 0 saturated carbocycles. The van der Waals surface area contributed by atoms with E-state index in [1.807, 2.05) is 41.5 Å². The summed E-state index contributed by atoms with van der Waals surface area (Å²) in [6.07, 6.45) is -0.968. The first-order valence-electron chi connectivity index (χ1n) is 48.0. The van der Waals surface area contributed by atoms with Gasteiger partial charge < -0.3 is 108 Å². The van der Waals surface area contributed by atoms with Gasteiger partial charge in [0.15, 0.2) is 0 Å². The topological polar surface area (TPSA) is 489 Å². The molecule has 0 radical (unpaired) electrons. The smallest absolute Gasteiger partial charge is 0.338 e. The van der Waals surface area contributed by atoms with Gasteiger partial charge in [-0.15, -0.1) is 0 Å². The first kappa shape index (κ1) is 113. The van der Waals surface area contributed by atoms with Crippen molar-refractivity contribution >= 4 is 124 Å². The van der Waals surface area contributed by atoms with Gasteiger partial charge in [-0.1, -0.05) is 41.5 Å². The van der Waals surface area contributed by atoms with Gasteiger partial charge in [-0.2, -0.15) is 0 Å². The van der Waals surface area contributed by atoms with Gasteiger partial charge in [-0.05, 0) is 330 Å². The highest BCUT2D eigenvalue weighted by molar-refractivity contribution is 6.05. The van der Waals surface area contributed by atoms with Crippen LogP contribution in [-0.4, -0.2) is 141 Å². The van der Waals surface area contributed by atoms with Crippen LogP contribution in [0.4, 0.5) is 62.9 Å². The second-order valence-corrected chi connectivity index (χ2v) is 40.7. The average Bonchev–Trinajstić information content (AvgIpc) is 0.768. The first-order chi connectivity index (χ1) is 64.8. The van der Waals surface area contributed by atoms with Crippen LogP contribution in [0.1, 0.15) is 348 Å². The summed E-state index contributed by atoms with van der Waals surface area (Å²) in [5.41, 5.74) is -1.69. The molecule has 3 aliphatic heterocycles. The minimum absolute atomic E-state index is 0.0126. The number of urea groups is 6. The standard InChI is InChI=1S/C103H148N14O22/c1-26-63-69-54-104-90(127)110-75-36-33-60(87(124)116-102(45-39-81(118)134-96(8,9)10,46-40-82(119)135-97(11,12)13)47-41-83(120)136-98(14,15)16)51-78(75)113-93(130)107-57-72-66(29-4)73-58-108-94(131)114-79-52-61(88(125)117-103(48-42-84(121)137-99(17,18)19,49-43-85(122)138-100(20,21)22)50-44-86(123)139-101(23,24)25)34-37-76(79)111-91(128)105-55-70(63)65(28-3)71(64(69)27-2)56-106-92(129)112-77-38-35-62(89(126)133-32-7)53-80(77)115-95(132)109-59-74(67(72)30-5)68(73)31-6/h33-38,51-53H,26-32,39-50,54-59H2,1-25H3,(H,116,124)(H,117,125)(H2,104,110,127)(H2,105,111,128)(H2,106,112,129)(H2,107,113,130)(H2,108,114,131)(H2,109,115,132). The fraction of sp³-hybridized carbons (Fsp3) is 0.563. The minimum Gasteiger partial charge on any atom is -0.462 e. The van der Waals surface area contributed by atoms with Crippen molar-refractivity contribution in [1.29, 1.82) is 0 Å². The lowest BCUT2D eigenvalue weighted by atomic mass is 9.83. The number of hydrogen-bond acceptors (Lipinski definition) is 22. The zero-order chi connectivity index (χ0) is 104. The van der Waals surface area contributed by atoms with Gasteiger partial charge in [-0.3, -0.25) is 38.4 Å². The third-order valence-corrected chi connectivity index (χ3v) is 22.8. The van der Waals surface area contributed by atoms with Crippen molar-refractivity contribution in [3.63, 3.8) is 0 Å². The maximum absolute atomic E-state index is 15.5. The number of benzene rings is 5. The molecule has 36 nitrogen and oxygen atoms in total. The number of amides is 14. The SMILES string of the molecule is CCOC(=O)c1ccc2c(c1)NC(=O)NCc1c(CC)c3c(CC)c(c1CC)CNC(=O)Nc1cc(C(=O)NC(CCC(=O)OC(C)(C)C)(CCC(=O)OC(C)(C)C)CCC(=O)OC(C)(C)C)ccc1NC(=O)NCc1c(CC)c(c(CC)c(c1CC)CNC(=O)N2)CNC(=O)Nc1ccc(C(=O)NC(CCC(=O)OC(C)(C)C)(CCC(=O)OC(C)(C)C)CCC(=O)OC(C)(C)C)cc1NC(=O)NC3. The Hall–Kier alpha value is -13.0. The van der Waals surface area contributed by atoms with Gasteiger partial charge in [0.05, 0.1) is 46.3 Å². The molecular weight excluding hydrogens is 1790 g/mol. The second-order valence-electron chi connectivity index (χ2n) is 40.7. The number of carbonyl (C=O) groups excluding carboxylic acids is 15. The van der Waals surface area contributed by atoms with E-state index in [0.717, 1.165) is 0 Å². The van der Waals surface area contributed by atoms with Crippen molar-refractivity contribution in [2.75, 3.05) is 38.5 Å². The van der Waals surface area contributed by atoms with Gasteiger partial charge in [-0.25, -0.2) is 33.6 Å². The Balaban J connectivity index is 1.51. The molecule has 139 heavy (non-hydrogen) atoms. The Labute approximate surface area is 816 Å². The number of hydrogen-bond donors (Lipinski definition) is 14. The number of nitrogens with one attached hydrogen (secondary N) is 14. The van der Waals surface area contributed by atoms with E-state index < -0.39 is 134 Å². The third kappa shape index (κ3) is 35.4. The predicted octanol–water partition coefficient (Wildman–Crippen LogP) is 17.5. The lowest BCUT2D eigenvalue weighted by molar-refractivity contribution is -0.158. The first-order valence-corrected chi connectivity index (χ1v) is 48.0. The molecule has 8 rings (SSSR count). The van der Waals surface area contributed by atoms with E-state index in [-0.39, 0.29) is 199 Å². The Morgan fingerprint density at radius 1 is 0.266 bits per heavy atom. The molecule has 0 spiro atoms. The predicted molar refractivity (Wildman–Crippen MR) is 530 cm³/mol. The Morgan fingerprint density at radius 2 is 0.446 bits per heavy atom. The lowest BCUT2D eigenvalue weighted by Crippen LogP contribution is -2.50. The van der Waals surface area contributed by atoms with E-state index in [4.69, 9.17) is 33.2 Å². The van der Waals surface area contributed by atoms with Crippen molar-refractivity contribution in [1.82, 2.24) is 42.5 Å². The molecular formula is C103H148N14O22. The molecule has 36 heteroatoms. The average molecular weight is 1930 g/mol. The highest BCUT2D eigenvalue weighted by Gasteiger charge is 2.40. The van der Waals surface area contributed by atoms with Crippen LogP contribution in [0.2, 0.25) is 0 Å². The van der Waals surface area contributed by atoms with E-state index in [9.17, 15) is 43.2 Å². The van der Waals surface area contributed by atoms with Crippen LogP contribution >= 0.6 is 0 Å². The summed E-state index contributed by atoms with van der Waals surface area (Å²) in [7, 11) is 0. The highest BCUT2D eigenvalue weighted by Crippen LogP contribution is 2.38. The third-order valence-electron chi connectivity index (χ3n) is 22.8. The molecule has 0 unspecified atom stereocenters. The number of fused-ring (bicyclic) bond motifs is 18. The maximum atomic E-state index is 15.5. The van der Waals surface area contributed by atoms with Crippen LogP contribution in [0.5, 0.6) is 0 Å². The molecule has 3 aliphatic rings. The van der Waals surface area contributed by atoms with Gasteiger partial charge in [0.25, 0.3) is 11.8 Å². The summed E-state index contributed by atoms with van der Waals surface area (Å²) < 4.78 is 39.9. The Kier molecular flexibility index (Phi) is 39.8. The number of carbonyl (C=O) groups is 15. The van der Waals surface area contributed by atoms with Crippen LogP contribution in [0.3, 0.4) is 0 Å². The minimum atomic E-state index is -1.54. The monoisotopic (exact) mass is 1930 g/mol. The summed E-state index contributed by atoms with van der Waals surface area (Å²) in [4.78, 5) is 218. The largest absolute Gasteiger partial charge is 0.462 e. The van der Waals surface area contributed by atoms with Crippen LogP contribution < -0.4 is 74.4 Å². The quantitative estimate of drug-likeness (QED) is 0.0150. The van der Waals surface area contributed by atoms with E-state index in [1.54, 1.807) is 132 Å². The van der Waals surface area contributed by atoms with Gasteiger partial charge >= 0.3 is 78.0 Å². The maximum Gasteiger partial charge on any atom is 0.338 e. The molecule has 5 aromatic carbocycles. The van der Waals surface area contributed by atoms with Crippen LogP contribution in [0.15, 0.2) is 54.6 Å². The van der Waals surface area contributed by atoms with E-state index in [2.05, 4.69) is 74.4 Å². The molecule has 3 heterocycles. The molecule has 0 fully saturated rings. The van der Waals surface area contributed by atoms with Crippen LogP contribution in [0.25, 0.3) is 0 Å². The zero-order valence-electron chi connectivity index (χ0n) is 85.9. The fourth-order valence-electron chi connectivity index (χ4n) is 17.1. The fourth-order valence-corrected chi connectivity index (χ4v) is 17.1. The summed E-state index contributed by atoms with van der Waals surface area (Å²) in [6, 6.07) is 7.54. The number of rotatable bonds is 30. The van der Waals surface area contributed by atoms with Crippen LogP contribution in [0, 0.1) is 0 Å². The molecule has 0 saturated heterocycles. The van der Waals surface area contributed by atoms with Crippen molar-refractivity contribution in [3.8, 4) is 0 Å². The Morgan fingerprint density at radius 3 is 0.626 bits per heavy atom. The van der Waals surface area contributed by atoms with Crippen molar-refractivity contribution in [3.05, 3.63) is 138 Å². The summed E-state index contributed by atoms with van der Waals surface area (Å²) in [5, 5.41) is 41.6. The van der Waals surface area contributed by atoms with Crippen LogP contribution in [-0.2, 0) is 140 Å². The normalized spacial score (nSPS) is 14.1. The van der Waals surface area contributed by atoms with E-state index in [0.29, 0.717) is 79.6 Å². The molecule has 0 atom stereocenters. The molecule has 0 aliphatic carbocycles. The van der Waals surface area contributed by atoms with Gasteiger partial charge in [0.1, 0.15) is 33.6 Å². The lowest BCUT2D eigenvalue weighted by Gasteiger charge is -2.36. The van der Waals surface area contributed by atoms with Crippen molar-refractivity contribution in [2.24, 2.45) is 0 Å². The molecule has 0 aromatic heterocycles. The highest BCUT2D eigenvalue weighted by atomic mass is 16.6. The zero-order valence-corrected chi connectivity index (χ0v) is 85.9. The summed E-state index contributed by atoms with van der Waals surface area (Å²) in [6.45, 7) is 42.1. The van der Waals surface area contributed by atoms with Gasteiger partial charge in [0, 0.05) is 100.0 Å². The molecule has 14 amide bonds. The Bertz CT molecular complexity index is 4950. The van der Waals surface area contributed by atoms with Gasteiger partial charge in [0.2, 0.25) is 0 Å². The molecule has 762 valence electrons. The second kappa shape index (κ2) is 49.0. The number of anilines is 6. The van der Waals surface area contributed by atoms with E-state index in [1.165, 1.54) is 54.6 Å². The molecule has 6 bridgehead atoms.